The Morgan fingerprint density at radius 2 is 1.84 bits per heavy atom. The molecule has 0 amide bonds. The van der Waals surface area contributed by atoms with Gasteiger partial charge in [-0.15, -0.1) is 6.42 Å². The summed E-state index contributed by atoms with van der Waals surface area (Å²) < 4.78 is 68.9. The smallest absolute Gasteiger partial charge is 0.319 e. The molecule has 0 aliphatic carbocycles. The number of piperidine rings is 1. The van der Waals surface area contributed by atoms with Crippen molar-refractivity contribution in [3.63, 3.8) is 0 Å². The van der Waals surface area contributed by atoms with Gasteiger partial charge < -0.3 is 25.0 Å². The van der Waals surface area contributed by atoms with Crippen molar-refractivity contribution in [3.8, 4) is 35.2 Å². The van der Waals surface area contributed by atoms with Gasteiger partial charge in [-0.2, -0.15) is 15.1 Å². The molecule has 5 heterocycles. The molecule has 5 aromatic rings. The van der Waals surface area contributed by atoms with Crippen LogP contribution in [0.25, 0.3) is 43.7 Å². The van der Waals surface area contributed by atoms with Gasteiger partial charge >= 0.3 is 6.01 Å². The van der Waals surface area contributed by atoms with E-state index in [0.29, 0.717) is 54.6 Å². The number of rotatable bonds is 6. The minimum Gasteiger partial charge on any atom is -0.508 e. The second kappa shape index (κ2) is 12.0. The van der Waals surface area contributed by atoms with Crippen molar-refractivity contribution in [2.24, 2.45) is 18.4 Å². The number of phenols is 1. The Hall–Kier alpha value is -4.67. The Bertz CT molecular complexity index is 2210. The first kappa shape index (κ1) is 32.5. The van der Waals surface area contributed by atoms with Crippen molar-refractivity contribution in [2.45, 2.75) is 44.7 Å². The van der Waals surface area contributed by atoms with Crippen LogP contribution < -0.4 is 15.0 Å². The Morgan fingerprint density at radius 3 is 2.56 bits per heavy atom. The Kier molecular flexibility index (Phi) is 7.80. The fourth-order valence-corrected chi connectivity index (χ4v) is 8.52. The number of aryl methyl sites for hydroxylation is 1. The van der Waals surface area contributed by atoms with Crippen LogP contribution >= 0.6 is 0 Å². The van der Waals surface area contributed by atoms with Crippen molar-refractivity contribution < 1.29 is 27.4 Å². The van der Waals surface area contributed by atoms with Gasteiger partial charge in [0.05, 0.1) is 17.6 Å². The number of piperazine rings is 1. The van der Waals surface area contributed by atoms with E-state index in [0.717, 1.165) is 12.8 Å². The normalized spacial score (nSPS) is 24.1. The lowest BCUT2D eigenvalue weighted by molar-refractivity contribution is -0.0679. The summed E-state index contributed by atoms with van der Waals surface area (Å²) in [6.45, 7) is 3.85. The minimum atomic E-state index is -2.53. The van der Waals surface area contributed by atoms with E-state index in [9.17, 15) is 13.9 Å². The third kappa shape index (κ3) is 5.27. The van der Waals surface area contributed by atoms with E-state index < -0.39 is 29.4 Å². The molecule has 3 aliphatic heterocycles. The van der Waals surface area contributed by atoms with Crippen LogP contribution in [-0.2, 0) is 7.05 Å². The van der Waals surface area contributed by atoms with E-state index in [1.54, 1.807) is 24.9 Å². The summed E-state index contributed by atoms with van der Waals surface area (Å²) in [5, 5.41) is 20.7. The van der Waals surface area contributed by atoms with Crippen LogP contribution in [-0.4, -0.2) is 88.1 Å². The molecule has 2 N–H and O–H groups in total. The highest BCUT2D eigenvalue weighted by Crippen LogP contribution is 2.46. The molecule has 4 atom stereocenters. The van der Waals surface area contributed by atoms with Gasteiger partial charge in [-0.3, -0.25) is 4.68 Å². The summed E-state index contributed by atoms with van der Waals surface area (Å²) in [5.41, 5.74) is -0.685. The van der Waals surface area contributed by atoms with E-state index in [1.807, 2.05) is 11.9 Å². The zero-order valence-corrected chi connectivity index (χ0v) is 28.0. The summed E-state index contributed by atoms with van der Waals surface area (Å²) >= 11 is 0. The lowest BCUT2D eigenvalue weighted by Gasteiger charge is -2.44. The van der Waals surface area contributed by atoms with E-state index in [4.69, 9.17) is 16.1 Å². The average Bonchev–Trinajstić information content (AvgIpc) is 3.63. The number of halogens is 4. The first-order valence-corrected chi connectivity index (χ1v) is 16.8. The van der Waals surface area contributed by atoms with Gasteiger partial charge in [0.2, 0.25) is 6.43 Å². The summed E-state index contributed by atoms with van der Waals surface area (Å²) in [5.74, 6) is 0.337. The molecule has 0 saturated carbocycles. The van der Waals surface area contributed by atoms with E-state index in [1.165, 1.54) is 24.3 Å². The third-order valence-electron chi connectivity index (χ3n) is 10.8. The van der Waals surface area contributed by atoms with Crippen LogP contribution in [0.2, 0.25) is 0 Å². The Balaban J connectivity index is 1.37. The summed E-state index contributed by atoms with van der Waals surface area (Å²) in [7, 11) is 3.60. The predicted octanol–water partition coefficient (Wildman–Crippen LogP) is 5.84. The second-order valence-electron chi connectivity index (χ2n) is 14.4. The molecular weight excluding hydrogens is 650 g/mol. The fourth-order valence-electron chi connectivity index (χ4n) is 8.52. The van der Waals surface area contributed by atoms with E-state index >= 15 is 8.78 Å². The molecule has 0 radical (unpaired) electrons. The molecule has 3 fully saturated rings. The number of nitrogens with one attached hydrogen (secondary N) is 1. The van der Waals surface area contributed by atoms with Gasteiger partial charge in [0.1, 0.15) is 28.4 Å². The first-order chi connectivity index (χ1) is 23.9. The second-order valence-corrected chi connectivity index (χ2v) is 14.4. The summed E-state index contributed by atoms with van der Waals surface area (Å²) in [6.07, 6.45) is 7.30. The molecule has 260 valence electrons. The lowest BCUT2D eigenvalue weighted by Crippen LogP contribution is -2.51. The van der Waals surface area contributed by atoms with Gasteiger partial charge in [0.15, 0.2) is 5.82 Å². The molecule has 3 saturated heterocycles. The number of aromatic hydroxyl groups is 1. The molecule has 3 aromatic carbocycles. The first-order valence-electron chi connectivity index (χ1n) is 16.8. The molecule has 2 bridgehead atoms. The number of ether oxygens (including phenoxy) is 1. The van der Waals surface area contributed by atoms with Gasteiger partial charge in [0, 0.05) is 72.6 Å². The van der Waals surface area contributed by atoms with Gasteiger partial charge in [-0.25, -0.2) is 17.6 Å². The van der Waals surface area contributed by atoms with Crippen LogP contribution in [0, 0.1) is 35.3 Å². The van der Waals surface area contributed by atoms with E-state index in [2.05, 4.69) is 26.2 Å². The number of aromatic nitrogens is 4. The minimum absolute atomic E-state index is 0.0225. The fraction of sp³-hybridized carbons (Fsp3) is 0.432. The van der Waals surface area contributed by atoms with Crippen LogP contribution in [0.15, 0.2) is 30.5 Å². The predicted molar refractivity (Wildman–Crippen MR) is 184 cm³/mol. The molecular formula is C37H37F4N7O2. The van der Waals surface area contributed by atoms with Crippen molar-refractivity contribution in [3.05, 3.63) is 47.7 Å². The lowest BCUT2D eigenvalue weighted by atomic mass is 9.73. The molecule has 3 aliphatic rings. The van der Waals surface area contributed by atoms with E-state index in [-0.39, 0.29) is 63.6 Å². The van der Waals surface area contributed by atoms with Crippen LogP contribution in [0.3, 0.4) is 0 Å². The molecule has 50 heavy (non-hydrogen) atoms. The van der Waals surface area contributed by atoms with Crippen molar-refractivity contribution >= 4 is 38.4 Å². The number of alkyl halides is 2. The number of phenolic OH excluding ortho intramolecular Hbond substituents is 1. The standard InChI is InChI=1S/C37H37F4N7O2/c1-5-23-27(38)9-6-19-12-22(49)13-24(28(19)23)29-31(39)33-30(25-16-47(4)45-32(25)29)35(48-14-20-7-8-21(15-48)42-20)44-36(43-33)50-18-37(2)17-46(3)11-10-26(37)34(40)41/h1,6,9,12-13,16,20-21,26,34,42,49H,7-8,10-11,14-15,17-18H2,2-4H3/t20?,21?,26-,37+/m0/s1. The maximum Gasteiger partial charge on any atom is 0.319 e. The van der Waals surface area contributed by atoms with Crippen molar-refractivity contribution in [2.75, 3.05) is 44.7 Å². The van der Waals surface area contributed by atoms with Gasteiger partial charge in [-0.1, -0.05) is 18.9 Å². The molecule has 2 unspecified atom stereocenters. The largest absolute Gasteiger partial charge is 0.508 e. The number of fused-ring (bicyclic) bond motifs is 6. The van der Waals surface area contributed by atoms with Crippen LogP contribution in [0.1, 0.15) is 31.7 Å². The summed E-state index contributed by atoms with van der Waals surface area (Å²) in [6, 6.07) is 5.77. The SMILES string of the molecule is C#Cc1c(F)ccc2cc(O)cc(-c3c(F)c4nc(OC[C@@]5(C)CN(C)CC[C@H]5C(F)F)nc(N5CC6CCC(C5)N6)c4c4cn(C)nc34)c12. The molecule has 9 nitrogen and oxygen atoms in total. The number of hydrogen-bond donors (Lipinski definition) is 2. The van der Waals surface area contributed by atoms with Gasteiger partial charge in [0.25, 0.3) is 0 Å². The number of terminal acetylenes is 1. The van der Waals surface area contributed by atoms with Crippen LogP contribution in [0.4, 0.5) is 23.4 Å². The van der Waals surface area contributed by atoms with Crippen molar-refractivity contribution in [1.82, 2.24) is 30.0 Å². The van der Waals surface area contributed by atoms with Crippen LogP contribution in [0.5, 0.6) is 11.8 Å². The van der Waals surface area contributed by atoms with Crippen molar-refractivity contribution in [1.29, 1.82) is 0 Å². The Morgan fingerprint density at radius 1 is 1.08 bits per heavy atom. The highest BCUT2D eigenvalue weighted by Gasteiger charge is 2.45. The Labute approximate surface area is 286 Å². The molecule has 13 heteroatoms. The molecule has 2 aromatic heterocycles. The number of benzene rings is 3. The zero-order chi connectivity index (χ0) is 35.1. The highest BCUT2D eigenvalue weighted by molar-refractivity contribution is 6.18. The average molecular weight is 688 g/mol. The molecule has 0 spiro atoms. The number of hydrogen-bond acceptors (Lipinski definition) is 8. The maximum absolute atomic E-state index is 17.5. The zero-order valence-electron chi connectivity index (χ0n) is 28.0. The number of anilines is 1. The topological polar surface area (TPSA) is 91.6 Å². The monoisotopic (exact) mass is 687 g/mol. The highest BCUT2D eigenvalue weighted by atomic mass is 19.3. The van der Waals surface area contributed by atoms with Gasteiger partial charge in [-0.05, 0) is 62.0 Å². The quantitative estimate of drug-likeness (QED) is 0.170. The number of likely N-dealkylation sites (tertiary alicyclic amines) is 1. The number of nitrogens with zero attached hydrogens (tertiary/aromatic N) is 6. The third-order valence-corrected chi connectivity index (χ3v) is 10.8. The maximum atomic E-state index is 17.5. The molecule has 8 rings (SSSR count). The summed E-state index contributed by atoms with van der Waals surface area (Å²) in [4.78, 5) is 13.6.